The van der Waals surface area contributed by atoms with Gasteiger partial charge in [0.2, 0.25) is 0 Å². The van der Waals surface area contributed by atoms with Crippen LogP contribution in [0, 0.1) is 5.82 Å². The number of methoxy groups -OCH3 is 1. The van der Waals surface area contributed by atoms with Gasteiger partial charge in [0.05, 0.1) is 17.3 Å². The normalized spacial score (nSPS) is 10.3. The van der Waals surface area contributed by atoms with Crippen LogP contribution >= 0.6 is 15.9 Å². The van der Waals surface area contributed by atoms with Gasteiger partial charge in [0.15, 0.2) is 0 Å². The molecule has 0 bridgehead atoms. The minimum atomic E-state index is -0.416. The second-order valence-electron chi connectivity index (χ2n) is 4.35. The largest absolute Gasteiger partial charge is 0.496 e. The highest BCUT2D eigenvalue weighted by Crippen LogP contribution is 2.27. The number of rotatable bonds is 4. The number of carbonyl (C=O) groups is 1. The van der Waals surface area contributed by atoms with Crippen LogP contribution in [0.15, 0.2) is 46.9 Å². The molecule has 0 aromatic heterocycles. The van der Waals surface area contributed by atoms with Gasteiger partial charge in [-0.15, -0.1) is 0 Å². The van der Waals surface area contributed by atoms with Crippen molar-refractivity contribution in [2.75, 3.05) is 18.6 Å². The zero-order chi connectivity index (χ0) is 15.4. The molecule has 0 saturated carbocycles. The summed E-state index contributed by atoms with van der Waals surface area (Å²) in [6.07, 6.45) is 0. The van der Waals surface area contributed by atoms with Crippen LogP contribution < -0.4 is 9.64 Å². The van der Waals surface area contributed by atoms with E-state index in [9.17, 15) is 9.18 Å². The molecule has 2 rings (SSSR count). The molecule has 21 heavy (non-hydrogen) atoms. The lowest BCUT2D eigenvalue weighted by Crippen LogP contribution is -2.31. The molecule has 0 heterocycles. The van der Waals surface area contributed by atoms with Crippen molar-refractivity contribution in [3.05, 3.63) is 58.3 Å². The maximum absolute atomic E-state index is 13.9. The molecule has 0 aliphatic rings. The van der Waals surface area contributed by atoms with Crippen molar-refractivity contribution in [1.29, 1.82) is 0 Å². The number of halogens is 2. The predicted molar refractivity (Wildman–Crippen MR) is 84.4 cm³/mol. The summed E-state index contributed by atoms with van der Waals surface area (Å²) in [5, 5.41) is 0. The van der Waals surface area contributed by atoms with Gasteiger partial charge < -0.3 is 9.64 Å². The molecule has 2 aromatic rings. The summed E-state index contributed by atoms with van der Waals surface area (Å²) in [5.74, 6) is -0.0354. The second kappa shape index (κ2) is 6.72. The fraction of sp³-hybridized carbons (Fsp3) is 0.188. The lowest BCUT2D eigenvalue weighted by Gasteiger charge is -2.22. The van der Waals surface area contributed by atoms with Crippen LogP contribution in [0.25, 0.3) is 0 Å². The van der Waals surface area contributed by atoms with Crippen molar-refractivity contribution in [3.63, 3.8) is 0 Å². The summed E-state index contributed by atoms with van der Waals surface area (Å²) in [7, 11) is 1.55. The van der Waals surface area contributed by atoms with Gasteiger partial charge in [-0.3, -0.25) is 4.79 Å². The summed E-state index contributed by atoms with van der Waals surface area (Å²) in [5.41, 5.74) is 0.740. The molecule has 5 heteroatoms. The van der Waals surface area contributed by atoms with Gasteiger partial charge in [0, 0.05) is 12.1 Å². The molecule has 110 valence electrons. The predicted octanol–water partition coefficient (Wildman–Crippen LogP) is 4.26. The summed E-state index contributed by atoms with van der Waals surface area (Å²) in [6.45, 7) is 2.19. The van der Waals surface area contributed by atoms with Gasteiger partial charge in [-0.1, -0.05) is 12.1 Å². The molecule has 3 nitrogen and oxygen atoms in total. The average Bonchev–Trinajstić information content (AvgIpc) is 2.49. The molecule has 1 amide bonds. The van der Waals surface area contributed by atoms with Crippen LogP contribution in [0.3, 0.4) is 0 Å². The van der Waals surface area contributed by atoms with E-state index >= 15 is 0 Å². The highest BCUT2D eigenvalue weighted by molar-refractivity contribution is 9.10. The maximum atomic E-state index is 13.9. The quantitative estimate of drug-likeness (QED) is 0.823. The lowest BCUT2D eigenvalue weighted by molar-refractivity contribution is 0.0987. The van der Waals surface area contributed by atoms with Gasteiger partial charge in [0.25, 0.3) is 5.91 Å². The van der Waals surface area contributed by atoms with Gasteiger partial charge in [-0.25, -0.2) is 4.39 Å². The van der Waals surface area contributed by atoms with E-state index in [2.05, 4.69) is 15.9 Å². The standard InChI is InChI=1S/C16H15BrFNO2/c1-3-19(14-7-5-4-6-13(14)18)16(20)11-8-9-15(21-2)12(17)10-11/h4-10H,3H2,1-2H3. The molecular formula is C16H15BrFNO2. The third kappa shape index (κ3) is 3.24. The number of benzene rings is 2. The minimum absolute atomic E-state index is 0.258. The van der Waals surface area contributed by atoms with Crippen molar-refractivity contribution in [2.45, 2.75) is 6.92 Å². The Morgan fingerprint density at radius 1 is 1.29 bits per heavy atom. The lowest BCUT2D eigenvalue weighted by atomic mass is 10.1. The fourth-order valence-corrected chi connectivity index (χ4v) is 2.59. The first kappa shape index (κ1) is 15.5. The molecule has 0 radical (unpaired) electrons. The van der Waals surface area contributed by atoms with E-state index < -0.39 is 5.82 Å². The Kier molecular flexibility index (Phi) is 4.96. The van der Waals surface area contributed by atoms with Crippen molar-refractivity contribution >= 4 is 27.5 Å². The van der Waals surface area contributed by atoms with Crippen LogP contribution in [0.1, 0.15) is 17.3 Å². The number of hydrogen-bond acceptors (Lipinski definition) is 2. The zero-order valence-corrected chi connectivity index (χ0v) is 13.4. The average molecular weight is 352 g/mol. The van der Waals surface area contributed by atoms with E-state index in [1.54, 1.807) is 43.5 Å². The van der Waals surface area contributed by atoms with Crippen LogP contribution in [0.5, 0.6) is 5.75 Å². The van der Waals surface area contributed by atoms with E-state index in [4.69, 9.17) is 4.74 Å². The van der Waals surface area contributed by atoms with Crippen molar-refractivity contribution in [1.82, 2.24) is 0 Å². The number of para-hydroxylation sites is 1. The van der Waals surface area contributed by atoms with Gasteiger partial charge >= 0.3 is 0 Å². The van der Waals surface area contributed by atoms with Crippen LogP contribution in [-0.2, 0) is 0 Å². The maximum Gasteiger partial charge on any atom is 0.258 e. The first-order valence-electron chi connectivity index (χ1n) is 6.48. The zero-order valence-electron chi connectivity index (χ0n) is 11.8. The van der Waals surface area contributed by atoms with Gasteiger partial charge in [-0.05, 0) is 53.2 Å². The molecule has 0 atom stereocenters. The number of carbonyl (C=O) groups excluding carboxylic acids is 1. The van der Waals surface area contributed by atoms with E-state index in [0.29, 0.717) is 22.3 Å². The third-order valence-corrected chi connectivity index (χ3v) is 3.72. The molecule has 0 spiro atoms. The highest BCUT2D eigenvalue weighted by atomic mass is 79.9. The number of amides is 1. The summed E-state index contributed by atoms with van der Waals surface area (Å²) in [4.78, 5) is 14.0. The van der Waals surface area contributed by atoms with Crippen LogP contribution in [0.2, 0.25) is 0 Å². The molecule has 2 aromatic carbocycles. The monoisotopic (exact) mass is 351 g/mol. The Labute approximate surface area is 131 Å². The van der Waals surface area contributed by atoms with Crippen molar-refractivity contribution < 1.29 is 13.9 Å². The molecule has 0 aliphatic carbocycles. The topological polar surface area (TPSA) is 29.5 Å². The number of hydrogen-bond donors (Lipinski definition) is 0. The summed E-state index contributed by atoms with van der Waals surface area (Å²) in [6, 6.07) is 11.3. The fourth-order valence-electron chi connectivity index (χ4n) is 2.05. The van der Waals surface area contributed by atoms with E-state index in [1.165, 1.54) is 11.0 Å². The second-order valence-corrected chi connectivity index (χ2v) is 5.20. The summed E-state index contributed by atoms with van der Waals surface area (Å²) >= 11 is 3.35. The Balaban J connectivity index is 2.37. The Morgan fingerprint density at radius 2 is 2.00 bits per heavy atom. The van der Waals surface area contributed by atoms with E-state index in [1.807, 2.05) is 6.92 Å². The van der Waals surface area contributed by atoms with Crippen molar-refractivity contribution in [2.24, 2.45) is 0 Å². The number of ether oxygens (including phenoxy) is 1. The first-order chi connectivity index (χ1) is 10.1. The third-order valence-electron chi connectivity index (χ3n) is 3.10. The van der Waals surface area contributed by atoms with Crippen LogP contribution in [0.4, 0.5) is 10.1 Å². The Hall–Kier alpha value is -1.88. The van der Waals surface area contributed by atoms with Crippen LogP contribution in [-0.4, -0.2) is 19.6 Å². The first-order valence-corrected chi connectivity index (χ1v) is 7.27. The Bertz CT molecular complexity index is 660. The summed E-state index contributed by atoms with van der Waals surface area (Å²) < 4.78 is 19.7. The highest BCUT2D eigenvalue weighted by Gasteiger charge is 2.19. The SMILES string of the molecule is CCN(C(=O)c1ccc(OC)c(Br)c1)c1ccccc1F. The van der Waals surface area contributed by atoms with E-state index in [0.717, 1.165) is 0 Å². The van der Waals surface area contributed by atoms with Gasteiger partial charge in [-0.2, -0.15) is 0 Å². The molecule has 0 unspecified atom stereocenters. The number of nitrogens with zero attached hydrogens (tertiary/aromatic N) is 1. The Morgan fingerprint density at radius 3 is 2.57 bits per heavy atom. The molecular weight excluding hydrogens is 337 g/mol. The van der Waals surface area contributed by atoms with Gasteiger partial charge in [0.1, 0.15) is 11.6 Å². The molecule has 0 saturated heterocycles. The number of anilines is 1. The van der Waals surface area contributed by atoms with Crippen molar-refractivity contribution in [3.8, 4) is 5.75 Å². The minimum Gasteiger partial charge on any atom is -0.496 e. The molecule has 0 N–H and O–H groups in total. The molecule has 0 aliphatic heterocycles. The van der Waals surface area contributed by atoms with E-state index in [-0.39, 0.29) is 11.6 Å². The molecule has 0 fully saturated rings. The smallest absolute Gasteiger partial charge is 0.258 e.